The van der Waals surface area contributed by atoms with Gasteiger partial charge in [-0.3, -0.25) is 9.78 Å². The van der Waals surface area contributed by atoms with Crippen molar-refractivity contribution in [3.05, 3.63) is 54.9 Å². The zero-order valence-electron chi connectivity index (χ0n) is 15.0. The lowest BCUT2D eigenvalue weighted by Crippen LogP contribution is -2.13. The maximum atomic E-state index is 12.2. The number of carbonyl (C=O) groups excluding carboxylic acids is 1. The van der Waals surface area contributed by atoms with Gasteiger partial charge in [-0.15, -0.1) is 0 Å². The number of H-pyrrole nitrogens is 1. The van der Waals surface area contributed by atoms with Crippen molar-refractivity contribution in [2.24, 2.45) is 5.92 Å². The van der Waals surface area contributed by atoms with Crippen LogP contribution in [0.5, 0.6) is 5.75 Å². The number of anilines is 1. The molecule has 1 aliphatic rings. The van der Waals surface area contributed by atoms with Crippen LogP contribution in [0.2, 0.25) is 0 Å². The van der Waals surface area contributed by atoms with Gasteiger partial charge in [0.1, 0.15) is 5.75 Å². The highest BCUT2D eigenvalue weighted by molar-refractivity contribution is 6.16. The van der Waals surface area contributed by atoms with Crippen molar-refractivity contribution < 1.29 is 9.53 Å². The van der Waals surface area contributed by atoms with Gasteiger partial charge in [-0.2, -0.15) is 0 Å². The summed E-state index contributed by atoms with van der Waals surface area (Å²) in [5.41, 5.74) is 4.96. The predicted octanol–water partition coefficient (Wildman–Crippen LogP) is 4.74. The fourth-order valence-corrected chi connectivity index (χ4v) is 3.49. The minimum Gasteiger partial charge on any atom is -0.497 e. The Morgan fingerprint density at radius 2 is 1.85 bits per heavy atom. The predicted molar refractivity (Wildman–Crippen MR) is 107 cm³/mol. The van der Waals surface area contributed by atoms with Crippen molar-refractivity contribution in [1.82, 2.24) is 9.97 Å². The molecule has 2 heterocycles. The summed E-state index contributed by atoms with van der Waals surface area (Å²) >= 11 is 0. The number of ether oxygens (including phenoxy) is 1. The standard InChI is InChI=1S/C22H19N3O2/c1-27-16-7-4-13(5-8-16)15-6-9-17-18(10-15)24-19-11-23-12-20(21(17)19)25-22(26)14-2-3-14/h4-12,14,24H,2-3H2,1H3,(H,25,26). The molecule has 0 spiro atoms. The second-order valence-electron chi connectivity index (χ2n) is 6.99. The van der Waals surface area contributed by atoms with E-state index in [2.05, 4.69) is 33.5 Å². The number of aromatic amines is 1. The van der Waals surface area contributed by atoms with Crippen LogP contribution in [0.3, 0.4) is 0 Å². The first-order valence-electron chi connectivity index (χ1n) is 9.07. The second-order valence-corrected chi connectivity index (χ2v) is 6.99. The van der Waals surface area contributed by atoms with Gasteiger partial charge in [-0.05, 0) is 42.2 Å². The fourth-order valence-electron chi connectivity index (χ4n) is 3.49. The van der Waals surface area contributed by atoms with E-state index in [4.69, 9.17) is 4.74 Å². The van der Waals surface area contributed by atoms with Crippen molar-refractivity contribution in [2.45, 2.75) is 12.8 Å². The number of nitrogens with one attached hydrogen (secondary N) is 2. The van der Waals surface area contributed by atoms with Crippen molar-refractivity contribution in [3.8, 4) is 16.9 Å². The topological polar surface area (TPSA) is 67.0 Å². The average molecular weight is 357 g/mol. The summed E-state index contributed by atoms with van der Waals surface area (Å²) in [5.74, 6) is 1.09. The number of amides is 1. The van der Waals surface area contributed by atoms with Gasteiger partial charge in [-0.1, -0.05) is 24.3 Å². The number of carbonyl (C=O) groups is 1. The Kier molecular flexibility index (Phi) is 3.60. The highest BCUT2D eigenvalue weighted by Gasteiger charge is 2.30. The summed E-state index contributed by atoms with van der Waals surface area (Å²) in [6, 6.07) is 14.3. The van der Waals surface area contributed by atoms with E-state index in [0.717, 1.165) is 57.2 Å². The lowest BCUT2D eigenvalue weighted by molar-refractivity contribution is -0.117. The zero-order valence-corrected chi connectivity index (χ0v) is 15.0. The van der Waals surface area contributed by atoms with E-state index in [1.54, 1.807) is 19.5 Å². The first-order chi connectivity index (χ1) is 13.2. The smallest absolute Gasteiger partial charge is 0.227 e. The number of hydrogen-bond acceptors (Lipinski definition) is 3. The number of hydrogen-bond donors (Lipinski definition) is 2. The van der Waals surface area contributed by atoms with E-state index in [1.807, 2.05) is 24.3 Å². The van der Waals surface area contributed by atoms with Gasteiger partial charge in [0.05, 0.1) is 30.7 Å². The first kappa shape index (κ1) is 15.9. The van der Waals surface area contributed by atoms with E-state index in [9.17, 15) is 4.79 Å². The Morgan fingerprint density at radius 1 is 1.07 bits per heavy atom. The largest absolute Gasteiger partial charge is 0.497 e. The number of nitrogens with zero attached hydrogens (tertiary/aromatic N) is 1. The SMILES string of the molecule is COc1ccc(-c2ccc3c(c2)[nH]c2cncc(NC(=O)C4CC4)c23)cc1. The van der Waals surface area contributed by atoms with Crippen LogP contribution in [0, 0.1) is 5.92 Å². The molecule has 4 aromatic rings. The molecule has 0 aliphatic heterocycles. The molecule has 2 N–H and O–H groups in total. The van der Waals surface area contributed by atoms with Crippen LogP contribution in [0.15, 0.2) is 54.9 Å². The van der Waals surface area contributed by atoms with Crippen molar-refractivity contribution >= 4 is 33.4 Å². The molecule has 2 aromatic heterocycles. The molecule has 1 aliphatic carbocycles. The van der Waals surface area contributed by atoms with Crippen LogP contribution >= 0.6 is 0 Å². The summed E-state index contributed by atoms with van der Waals surface area (Å²) in [6.45, 7) is 0. The molecular weight excluding hydrogens is 338 g/mol. The number of fused-ring (bicyclic) bond motifs is 3. The molecule has 1 saturated carbocycles. The van der Waals surface area contributed by atoms with E-state index < -0.39 is 0 Å². The van der Waals surface area contributed by atoms with Gasteiger partial charge < -0.3 is 15.0 Å². The molecule has 1 amide bonds. The molecule has 0 bridgehead atoms. The monoisotopic (exact) mass is 357 g/mol. The third-order valence-electron chi connectivity index (χ3n) is 5.13. The quantitative estimate of drug-likeness (QED) is 0.554. The molecule has 134 valence electrons. The number of aromatic nitrogens is 2. The normalized spacial score (nSPS) is 13.8. The maximum absolute atomic E-state index is 12.2. The number of benzene rings is 2. The molecule has 0 radical (unpaired) electrons. The lowest BCUT2D eigenvalue weighted by atomic mass is 10.0. The van der Waals surface area contributed by atoms with Crippen LogP contribution in [0.4, 0.5) is 5.69 Å². The van der Waals surface area contributed by atoms with Crippen LogP contribution in [0.25, 0.3) is 32.9 Å². The summed E-state index contributed by atoms with van der Waals surface area (Å²) < 4.78 is 5.23. The molecule has 2 aromatic carbocycles. The summed E-state index contributed by atoms with van der Waals surface area (Å²) in [6.07, 6.45) is 5.49. The molecule has 5 rings (SSSR count). The maximum Gasteiger partial charge on any atom is 0.227 e. The summed E-state index contributed by atoms with van der Waals surface area (Å²) in [4.78, 5) is 19.9. The van der Waals surface area contributed by atoms with E-state index in [1.165, 1.54) is 0 Å². The first-order valence-corrected chi connectivity index (χ1v) is 9.07. The van der Waals surface area contributed by atoms with E-state index in [0.29, 0.717) is 0 Å². The van der Waals surface area contributed by atoms with Crippen molar-refractivity contribution in [3.63, 3.8) is 0 Å². The van der Waals surface area contributed by atoms with Crippen LogP contribution in [0.1, 0.15) is 12.8 Å². The van der Waals surface area contributed by atoms with Gasteiger partial charge >= 0.3 is 0 Å². The summed E-state index contributed by atoms with van der Waals surface area (Å²) in [5, 5.41) is 5.14. The Labute approximate surface area is 156 Å². The molecule has 27 heavy (non-hydrogen) atoms. The summed E-state index contributed by atoms with van der Waals surface area (Å²) in [7, 11) is 1.67. The fraction of sp³-hybridized carbons (Fsp3) is 0.182. The van der Waals surface area contributed by atoms with E-state index in [-0.39, 0.29) is 11.8 Å². The lowest BCUT2D eigenvalue weighted by Gasteiger charge is -2.06. The molecule has 0 saturated heterocycles. The van der Waals surface area contributed by atoms with Crippen LogP contribution in [-0.2, 0) is 4.79 Å². The average Bonchev–Trinajstić information content (AvgIpc) is 3.48. The highest BCUT2D eigenvalue weighted by Crippen LogP contribution is 2.35. The Morgan fingerprint density at radius 3 is 2.59 bits per heavy atom. The molecule has 5 heteroatoms. The molecule has 1 fully saturated rings. The van der Waals surface area contributed by atoms with Crippen molar-refractivity contribution in [1.29, 1.82) is 0 Å². The second kappa shape index (κ2) is 6.13. The van der Waals surface area contributed by atoms with Gasteiger partial charge in [0, 0.05) is 22.2 Å². The molecular formula is C22H19N3O2. The number of rotatable bonds is 4. The van der Waals surface area contributed by atoms with Gasteiger partial charge in [0.25, 0.3) is 0 Å². The third kappa shape index (κ3) is 2.81. The number of pyridine rings is 1. The van der Waals surface area contributed by atoms with Gasteiger partial charge in [0.15, 0.2) is 0 Å². The highest BCUT2D eigenvalue weighted by atomic mass is 16.5. The van der Waals surface area contributed by atoms with Crippen LogP contribution in [-0.4, -0.2) is 23.0 Å². The van der Waals surface area contributed by atoms with Gasteiger partial charge in [-0.25, -0.2) is 0 Å². The molecule has 0 atom stereocenters. The van der Waals surface area contributed by atoms with Crippen molar-refractivity contribution in [2.75, 3.05) is 12.4 Å². The third-order valence-corrected chi connectivity index (χ3v) is 5.13. The Bertz CT molecular complexity index is 1160. The Balaban J connectivity index is 1.59. The minimum absolute atomic E-state index is 0.0912. The van der Waals surface area contributed by atoms with E-state index >= 15 is 0 Å². The minimum atomic E-state index is 0.0912. The Hall–Kier alpha value is -3.34. The molecule has 5 nitrogen and oxygen atoms in total. The van der Waals surface area contributed by atoms with Crippen LogP contribution < -0.4 is 10.1 Å². The number of methoxy groups -OCH3 is 1. The molecule has 0 unspecified atom stereocenters. The zero-order chi connectivity index (χ0) is 18.4. The van der Waals surface area contributed by atoms with Gasteiger partial charge in [0.2, 0.25) is 5.91 Å².